The van der Waals surface area contributed by atoms with Crippen LogP contribution in [0.25, 0.3) is 0 Å². The number of Topliss-reactive ketones (excluding diaryl/α,β-unsaturated/α-hetero) is 2. The maximum Gasteiger partial charge on any atom is 0.405 e. The molecule has 0 aliphatic carbocycles. The molecule has 4 aromatic rings. The summed E-state index contributed by atoms with van der Waals surface area (Å²) in [5.41, 5.74) is 1.67. The molecule has 1 atom stereocenters. The highest BCUT2D eigenvalue weighted by Gasteiger charge is 2.27. The Labute approximate surface area is 286 Å². The number of ketones is 2. The summed E-state index contributed by atoms with van der Waals surface area (Å²) in [4.78, 5) is 43.8. The fourth-order valence-electron chi connectivity index (χ4n) is 4.46. The lowest BCUT2D eigenvalue weighted by Crippen LogP contribution is -2.13. The van der Waals surface area contributed by atoms with Gasteiger partial charge in [0.05, 0.1) is 29.7 Å². The second-order valence-electron chi connectivity index (χ2n) is 10.9. The normalized spacial score (nSPS) is 15.5. The number of hydrogen-bond acceptors (Lipinski definition) is 12. The van der Waals surface area contributed by atoms with Gasteiger partial charge < -0.3 is 14.6 Å². The molecular formula is C34H34N3O12P. The minimum atomic E-state index is -3.41. The van der Waals surface area contributed by atoms with Gasteiger partial charge in [-0.2, -0.15) is 0 Å². The van der Waals surface area contributed by atoms with Crippen molar-refractivity contribution in [2.24, 2.45) is 0 Å². The highest BCUT2D eigenvalue weighted by Crippen LogP contribution is 2.46. The van der Waals surface area contributed by atoms with Gasteiger partial charge in [0.1, 0.15) is 11.5 Å². The van der Waals surface area contributed by atoms with Crippen molar-refractivity contribution < 1.29 is 47.6 Å². The number of nitrogens with zero attached hydrogens (tertiary/aromatic N) is 2. The van der Waals surface area contributed by atoms with Crippen LogP contribution < -0.4 is 14.6 Å². The zero-order valence-electron chi connectivity index (χ0n) is 27.1. The van der Waals surface area contributed by atoms with Crippen LogP contribution in [-0.4, -0.2) is 39.7 Å². The summed E-state index contributed by atoms with van der Waals surface area (Å²) in [6.45, 7) is 3.46. The highest BCUT2D eigenvalue weighted by atomic mass is 31.2. The van der Waals surface area contributed by atoms with E-state index in [9.17, 15) is 34.4 Å². The molecule has 1 aliphatic rings. The summed E-state index contributed by atoms with van der Waals surface area (Å²) in [5, 5.41) is 34.2. The number of aliphatic hydroxyl groups excluding tert-OH is 1. The van der Waals surface area contributed by atoms with E-state index in [4.69, 9.17) is 23.6 Å². The van der Waals surface area contributed by atoms with Gasteiger partial charge >= 0.3 is 19.1 Å². The SMILES string of the molecule is CC(=O)c1ccc(Oc2cc(CO)ccc2[N+](=O)[O-])cc1.CC(=O)c1ccc(Oc2cc(COP3(=O)NCCCCO3)ccc2[N+](=O)[O-])cc1. The molecule has 1 aliphatic heterocycles. The zero-order valence-corrected chi connectivity index (χ0v) is 28.0. The number of benzene rings is 4. The van der Waals surface area contributed by atoms with Crippen LogP contribution in [0.5, 0.6) is 23.0 Å². The van der Waals surface area contributed by atoms with Gasteiger partial charge in [-0.3, -0.25) is 38.9 Å². The summed E-state index contributed by atoms with van der Waals surface area (Å²) < 4.78 is 34.4. The number of ether oxygens (including phenoxy) is 2. The molecule has 1 heterocycles. The molecule has 16 heteroatoms. The molecule has 0 amide bonds. The zero-order chi connectivity index (χ0) is 36.3. The first kappa shape index (κ1) is 37.5. The number of carbonyl (C=O) groups is 2. The topological polar surface area (TPSA) is 207 Å². The minimum absolute atomic E-state index is 0.0136. The van der Waals surface area contributed by atoms with E-state index < -0.39 is 17.6 Å². The molecule has 50 heavy (non-hydrogen) atoms. The quantitative estimate of drug-likeness (QED) is 0.0627. The van der Waals surface area contributed by atoms with Crippen molar-refractivity contribution in [1.82, 2.24) is 5.09 Å². The van der Waals surface area contributed by atoms with Crippen LogP contribution >= 0.6 is 7.75 Å². The first-order valence-electron chi connectivity index (χ1n) is 15.2. The smallest absolute Gasteiger partial charge is 0.405 e. The molecule has 0 spiro atoms. The largest absolute Gasteiger partial charge is 0.450 e. The predicted octanol–water partition coefficient (Wildman–Crippen LogP) is 7.70. The third-order valence-corrected chi connectivity index (χ3v) is 8.74. The average molecular weight is 708 g/mol. The summed E-state index contributed by atoms with van der Waals surface area (Å²) in [6.07, 6.45) is 1.63. The van der Waals surface area contributed by atoms with E-state index in [1.165, 1.54) is 50.2 Å². The van der Waals surface area contributed by atoms with Crippen molar-refractivity contribution in [3.63, 3.8) is 0 Å². The molecule has 1 fully saturated rings. The monoisotopic (exact) mass is 707 g/mol. The van der Waals surface area contributed by atoms with Crippen LogP contribution in [0.3, 0.4) is 0 Å². The summed E-state index contributed by atoms with van der Waals surface area (Å²) in [5.74, 6) is 0.610. The molecular weight excluding hydrogens is 673 g/mol. The predicted molar refractivity (Wildman–Crippen MR) is 181 cm³/mol. The minimum Gasteiger partial charge on any atom is -0.450 e. The lowest BCUT2D eigenvalue weighted by molar-refractivity contribution is -0.385. The standard InChI is InChI=1S/C19H21N2O7P.C15H13NO5/c1-14(22)16-5-7-17(8-6-16)28-19-12-15(4-9-18(19)21(23)24)13-27-29(25)20-10-2-3-11-26-29;1-10(18)12-3-5-13(6-4-12)21-15-8-11(9-17)2-7-14(15)16(19)20/h4-9,12H,2-3,10-11,13H2,1H3,(H,20,25);2-8,17H,9H2,1H3. The first-order valence-corrected chi connectivity index (χ1v) is 16.8. The maximum absolute atomic E-state index is 12.5. The molecule has 2 N–H and O–H groups in total. The molecule has 0 radical (unpaired) electrons. The first-order chi connectivity index (χ1) is 23.9. The Kier molecular flexibility index (Phi) is 13.0. The molecule has 0 bridgehead atoms. The molecule has 5 rings (SSSR count). The van der Waals surface area contributed by atoms with E-state index >= 15 is 0 Å². The highest BCUT2D eigenvalue weighted by molar-refractivity contribution is 7.51. The van der Waals surface area contributed by atoms with Gasteiger partial charge in [-0.05, 0) is 111 Å². The van der Waals surface area contributed by atoms with E-state index in [0.29, 0.717) is 46.9 Å². The molecule has 15 nitrogen and oxygen atoms in total. The van der Waals surface area contributed by atoms with Gasteiger partial charge in [-0.25, -0.2) is 9.65 Å². The summed E-state index contributed by atoms with van der Waals surface area (Å²) in [7, 11) is -3.41. The second-order valence-corrected chi connectivity index (χ2v) is 12.7. The van der Waals surface area contributed by atoms with E-state index in [2.05, 4.69) is 5.09 Å². The molecule has 1 unspecified atom stereocenters. The van der Waals surface area contributed by atoms with Crippen molar-refractivity contribution >= 4 is 30.7 Å². The third kappa shape index (κ3) is 10.6. The van der Waals surface area contributed by atoms with Crippen LogP contribution in [0.4, 0.5) is 11.4 Å². The van der Waals surface area contributed by atoms with E-state index in [0.717, 1.165) is 12.8 Å². The molecule has 1 saturated heterocycles. The maximum atomic E-state index is 12.5. The fraction of sp³-hybridized carbons (Fsp3) is 0.235. The number of nitrogens with one attached hydrogen (secondary N) is 1. The molecule has 0 saturated carbocycles. The summed E-state index contributed by atoms with van der Waals surface area (Å²) in [6, 6.07) is 21.0. The van der Waals surface area contributed by atoms with Crippen LogP contribution in [0.1, 0.15) is 58.5 Å². The lowest BCUT2D eigenvalue weighted by Gasteiger charge is -2.16. The van der Waals surface area contributed by atoms with E-state index in [1.807, 2.05) is 0 Å². The average Bonchev–Trinajstić information content (AvgIpc) is 3.32. The lowest BCUT2D eigenvalue weighted by atomic mass is 10.1. The van der Waals surface area contributed by atoms with E-state index in [1.54, 1.807) is 48.5 Å². The van der Waals surface area contributed by atoms with Gasteiger partial charge in [-0.15, -0.1) is 0 Å². The second kappa shape index (κ2) is 17.4. The van der Waals surface area contributed by atoms with Gasteiger partial charge in [-0.1, -0.05) is 0 Å². The number of aliphatic hydroxyl groups is 1. The van der Waals surface area contributed by atoms with Gasteiger partial charge in [0.15, 0.2) is 11.6 Å². The van der Waals surface area contributed by atoms with Crippen molar-refractivity contribution in [3.05, 3.63) is 127 Å². The number of rotatable bonds is 12. The molecule has 0 aromatic heterocycles. The summed E-state index contributed by atoms with van der Waals surface area (Å²) >= 11 is 0. The Balaban J connectivity index is 0.000000237. The number of carbonyl (C=O) groups excluding carboxylic acids is 2. The third-order valence-electron chi connectivity index (χ3n) is 7.14. The van der Waals surface area contributed by atoms with Crippen LogP contribution in [0.15, 0.2) is 84.9 Å². The van der Waals surface area contributed by atoms with Gasteiger partial charge in [0.2, 0.25) is 11.5 Å². The van der Waals surface area contributed by atoms with Crippen molar-refractivity contribution in [2.75, 3.05) is 13.2 Å². The van der Waals surface area contributed by atoms with Crippen LogP contribution in [0.2, 0.25) is 0 Å². The fourth-order valence-corrected chi connectivity index (χ4v) is 5.83. The van der Waals surface area contributed by atoms with Crippen molar-refractivity contribution in [2.45, 2.75) is 39.9 Å². The number of nitro groups is 2. The van der Waals surface area contributed by atoms with Crippen LogP contribution in [-0.2, 0) is 26.8 Å². The van der Waals surface area contributed by atoms with E-state index in [-0.39, 0.29) is 47.7 Å². The molecule has 4 aromatic carbocycles. The Morgan fingerprint density at radius 2 is 1.26 bits per heavy atom. The Morgan fingerprint density at radius 1 is 0.780 bits per heavy atom. The van der Waals surface area contributed by atoms with Gasteiger partial charge in [0, 0.05) is 29.8 Å². The van der Waals surface area contributed by atoms with Gasteiger partial charge in [0.25, 0.3) is 0 Å². The van der Waals surface area contributed by atoms with Crippen molar-refractivity contribution in [1.29, 1.82) is 0 Å². The Bertz CT molecular complexity index is 1890. The number of nitro benzene ring substituents is 2. The number of hydrogen-bond donors (Lipinski definition) is 2. The Hall–Kier alpha value is -5.31. The van der Waals surface area contributed by atoms with Crippen molar-refractivity contribution in [3.8, 4) is 23.0 Å². The van der Waals surface area contributed by atoms with Crippen LogP contribution in [0, 0.1) is 20.2 Å². The molecule has 262 valence electrons. The Morgan fingerprint density at radius 3 is 1.72 bits per heavy atom.